The summed E-state index contributed by atoms with van der Waals surface area (Å²) in [6.45, 7) is 6.99. The molecular weight excluding hydrogens is 392 g/mol. The van der Waals surface area contributed by atoms with Crippen molar-refractivity contribution < 1.29 is 9.47 Å². The van der Waals surface area contributed by atoms with E-state index in [2.05, 4.69) is 31.1 Å². The minimum atomic E-state index is -0.182. The van der Waals surface area contributed by atoms with Crippen molar-refractivity contribution >= 4 is 16.7 Å². The highest BCUT2D eigenvalue weighted by Crippen LogP contribution is 2.34. The molecule has 2 aromatic heterocycles. The van der Waals surface area contributed by atoms with Crippen molar-refractivity contribution in [2.45, 2.75) is 32.7 Å². The highest BCUT2D eigenvalue weighted by atomic mass is 16.7. The molecule has 31 heavy (non-hydrogen) atoms. The summed E-state index contributed by atoms with van der Waals surface area (Å²) in [5.41, 5.74) is 3.73. The molecule has 5 rings (SSSR count). The van der Waals surface area contributed by atoms with Gasteiger partial charge in [-0.15, -0.1) is 0 Å². The number of aromatic amines is 1. The molecule has 0 fully saturated rings. The molecule has 1 aliphatic heterocycles. The lowest BCUT2D eigenvalue weighted by Gasteiger charge is -2.15. The lowest BCUT2D eigenvalue weighted by molar-refractivity contribution is 0.174. The zero-order valence-corrected chi connectivity index (χ0v) is 17.7. The van der Waals surface area contributed by atoms with Gasteiger partial charge in [0, 0.05) is 34.7 Å². The summed E-state index contributed by atoms with van der Waals surface area (Å²) in [6, 6.07) is 17.4. The Morgan fingerprint density at radius 2 is 1.84 bits per heavy atom. The Kier molecular flexibility index (Phi) is 4.46. The number of benzene rings is 2. The second kappa shape index (κ2) is 7.19. The lowest BCUT2D eigenvalue weighted by Crippen LogP contribution is -2.17. The quantitative estimate of drug-likeness (QED) is 0.517. The van der Waals surface area contributed by atoms with Gasteiger partial charge in [-0.05, 0) is 30.3 Å². The second-order valence-electron chi connectivity index (χ2n) is 8.65. The highest BCUT2D eigenvalue weighted by molar-refractivity contribution is 5.81. The van der Waals surface area contributed by atoms with E-state index in [-0.39, 0.29) is 17.8 Å². The molecule has 1 aliphatic rings. The fraction of sp³-hybridized carbons (Fsp3) is 0.250. The molecule has 4 aromatic rings. The molecule has 2 aromatic carbocycles. The molecule has 7 nitrogen and oxygen atoms in total. The summed E-state index contributed by atoms with van der Waals surface area (Å²) in [5.74, 6) is 1.43. The van der Waals surface area contributed by atoms with Gasteiger partial charge in [0.1, 0.15) is 5.65 Å². The van der Waals surface area contributed by atoms with Crippen molar-refractivity contribution in [1.29, 1.82) is 0 Å². The third-order valence-electron chi connectivity index (χ3n) is 5.33. The molecule has 2 N–H and O–H groups in total. The number of anilines is 1. The van der Waals surface area contributed by atoms with E-state index < -0.39 is 0 Å². The number of H-pyrrole nitrogens is 1. The molecule has 0 unspecified atom stereocenters. The van der Waals surface area contributed by atoms with Gasteiger partial charge in [0.25, 0.3) is 5.56 Å². The first-order valence-corrected chi connectivity index (χ1v) is 10.2. The van der Waals surface area contributed by atoms with E-state index in [1.54, 1.807) is 0 Å². The number of aromatic nitrogens is 3. The first-order chi connectivity index (χ1) is 14.9. The van der Waals surface area contributed by atoms with E-state index in [0.29, 0.717) is 23.5 Å². The Morgan fingerprint density at radius 1 is 1.06 bits per heavy atom. The van der Waals surface area contributed by atoms with Crippen LogP contribution in [0.15, 0.2) is 59.4 Å². The van der Waals surface area contributed by atoms with Gasteiger partial charge in [-0.25, -0.2) is 4.68 Å². The monoisotopic (exact) mass is 416 g/mol. The number of fused-ring (bicyclic) bond motifs is 2. The maximum absolute atomic E-state index is 12.9. The van der Waals surface area contributed by atoms with E-state index in [1.165, 1.54) is 0 Å². The molecule has 0 radical (unpaired) electrons. The maximum Gasteiger partial charge on any atom is 0.254 e. The molecule has 3 heterocycles. The second-order valence-corrected chi connectivity index (χ2v) is 8.65. The molecular formula is C24H24N4O3. The summed E-state index contributed by atoms with van der Waals surface area (Å²) in [4.78, 5) is 16.0. The third-order valence-corrected chi connectivity index (χ3v) is 5.33. The average Bonchev–Trinajstić information content (AvgIpc) is 3.36. The van der Waals surface area contributed by atoms with Gasteiger partial charge in [0.15, 0.2) is 11.5 Å². The first-order valence-electron chi connectivity index (χ1n) is 10.2. The van der Waals surface area contributed by atoms with Crippen LogP contribution in [-0.2, 0) is 12.0 Å². The Labute approximate surface area is 179 Å². The first kappa shape index (κ1) is 19.2. The minimum Gasteiger partial charge on any atom is -0.454 e. The maximum atomic E-state index is 12.9. The largest absolute Gasteiger partial charge is 0.454 e. The molecule has 0 atom stereocenters. The Hall–Kier alpha value is -3.74. The molecule has 0 spiro atoms. The van der Waals surface area contributed by atoms with Crippen LogP contribution >= 0.6 is 0 Å². The van der Waals surface area contributed by atoms with Crippen molar-refractivity contribution in [3.63, 3.8) is 0 Å². The van der Waals surface area contributed by atoms with Gasteiger partial charge in [-0.3, -0.25) is 4.79 Å². The summed E-state index contributed by atoms with van der Waals surface area (Å²) >= 11 is 0. The highest BCUT2D eigenvalue weighted by Gasteiger charge is 2.24. The van der Waals surface area contributed by atoms with Crippen LogP contribution in [0.2, 0.25) is 0 Å². The Balaban J connectivity index is 1.54. The van der Waals surface area contributed by atoms with Gasteiger partial charge in [-0.2, -0.15) is 5.10 Å². The van der Waals surface area contributed by atoms with Crippen LogP contribution in [0.5, 0.6) is 11.5 Å². The molecule has 0 saturated carbocycles. The molecule has 7 heteroatoms. The summed E-state index contributed by atoms with van der Waals surface area (Å²) in [5, 5.41) is 9.12. The van der Waals surface area contributed by atoms with Crippen molar-refractivity contribution in [1.82, 2.24) is 14.8 Å². The summed E-state index contributed by atoms with van der Waals surface area (Å²) < 4.78 is 12.6. The predicted molar refractivity (Wildman–Crippen MR) is 120 cm³/mol. The number of para-hydroxylation sites is 1. The van der Waals surface area contributed by atoms with Gasteiger partial charge in [0.05, 0.1) is 11.4 Å². The van der Waals surface area contributed by atoms with Crippen molar-refractivity contribution in [2.24, 2.45) is 0 Å². The summed E-state index contributed by atoms with van der Waals surface area (Å²) in [6.07, 6.45) is 0. The van der Waals surface area contributed by atoms with Crippen molar-refractivity contribution in [3.8, 4) is 17.2 Å². The van der Waals surface area contributed by atoms with Crippen molar-refractivity contribution in [2.75, 3.05) is 12.1 Å². The summed E-state index contributed by atoms with van der Waals surface area (Å²) in [7, 11) is 0. The molecule has 158 valence electrons. The number of hydrogen-bond acceptors (Lipinski definition) is 5. The zero-order valence-electron chi connectivity index (χ0n) is 17.7. The molecule has 0 amide bonds. The average molecular weight is 416 g/mol. The topological polar surface area (TPSA) is 81.2 Å². The number of pyridine rings is 1. The third kappa shape index (κ3) is 3.52. The van der Waals surface area contributed by atoms with Gasteiger partial charge in [-0.1, -0.05) is 39.0 Å². The van der Waals surface area contributed by atoms with Crippen LogP contribution in [0.3, 0.4) is 0 Å². The predicted octanol–water partition coefficient (Wildman–Crippen LogP) is 4.35. The molecule has 0 bridgehead atoms. The standard InChI is InChI=1S/C24H24N4O3/c1-24(2,3)21-18-11-15(13-25-16-9-10-19-20(12-16)31-14-30-19)23(29)26-22(18)28(27-21)17-7-5-4-6-8-17/h4-12,25H,13-14H2,1-3H3,(H,26,29). The van der Waals surface area contributed by atoms with Crippen LogP contribution in [0.4, 0.5) is 5.69 Å². The number of nitrogens with zero attached hydrogens (tertiary/aromatic N) is 2. The molecule has 0 aliphatic carbocycles. The number of nitrogens with one attached hydrogen (secondary N) is 2. The van der Waals surface area contributed by atoms with Crippen LogP contribution < -0.4 is 20.3 Å². The van der Waals surface area contributed by atoms with Crippen LogP contribution in [-0.4, -0.2) is 21.6 Å². The van der Waals surface area contributed by atoms with Crippen LogP contribution in [0, 0.1) is 0 Å². The lowest BCUT2D eigenvalue weighted by atomic mass is 9.90. The Morgan fingerprint density at radius 3 is 2.61 bits per heavy atom. The van der Waals surface area contributed by atoms with E-state index in [9.17, 15) is 4.79 Å². The van der Waals surface area contributed by atoms with Crippen LogP contribution in [0.25, 0.3) is 16.7 Å². The van der Waals surface area contributed by atoms with E-state index >= 15 is 0 Å². The fourth-order valence-electron chi connectivity index (χ4n) is 3.76. The Bertz CT molecular complexity index is 1320. The minimum absolute atomic E-state index is 0.140. The van der Waals surface area contributed by atoms with E-state index in [1.807, 2.05) is 59.3 Å². The number of hydrogen-bond donors (Lipinski definition) is 2. The zero-order chi connectivity index (χ0) is 21.6. The van der Waals surface area contributed by atoms with Gasteiger partial charge < -0.3 is 19.8 Å². The SMILES string of the molecule is CC(C)(C)c1nn(-c2ccccc2)c2[nH]c(=O)c(CNc3ccc4c(c3)OCO4)cc12. The molecule has 0 saturated heterocycles. The normalized spacial score (nSPS) is 13.0. The smallest absolute Gasteiger partial charge is 0.254 e. The van der Waals surface area contributed by atoms with Crippen molar-refractivity contribution in [3.05, 3.63) is 76.2 Å². The van der Waals surface area contributed by atoms with Gasteiger partial charge in [0.2, 0.25) is 6.79 Å². The van der Waals surface area contributed by atoms with Gasteiger partial charge >= 0.3 is 0 Å². The van der Waals surface area contributed by atoms with Crippen LogP contribution in [0.1, 0.15) is 32.0 Å². The fourth-order valence-corrected chi connectivity index (χ4v) is 3.76. The van der Waals surface area contributed by atoms with E-state index in [4.69, 9.17) is 14.6 Å². The number of ether oxygens (including phenoxy) is 2. The number of rotatable bonds is 4. The van der Waals surface area contributed by atoms with E-state index in [0.717, 1.165) is 28.2 Å².